The normalized spacial score (nSPS) is 16.4. The summed E-state index contributed by atoms with van der Waals surface area (Å²) in [4.78, 5) is 0. The molecule has 0 bridgehead atoms. The molecule has 2 rings (SSSR count). The molecule has 1 aromatic carbocycles. The average molecular weight is 148 g/mol. The molecule has 1 fully saturated rings. The van der Waals surface area contributed by atoms with Crippen molar-refractivity contribution in [3.05, 3.63) is 30.3 Å². The van der Waals surface area contributed by atoms with Gasteiger partial charge in [-0.3, -0.25) is 0 Å². The van der Waals surface area contributed by atoms with Crippen molar-refractivity contribution in [3.8, 4) is 5.75 Å². The fourth-order valence-electron chi connectivity index (χ4n) is 1.02. The van der Waals surface area contributed by atoms with Gasteiger partial charge in [0.1, 0.15) is 5.75 Å². The van der Waals surface area contributed by atoms with Gasteiger partial charge in [0, 0.05) is 0 Å². The lowest BCUT2D eigenvalue weighted by Gasteiger charge is -2.02. The third-order valence-electron chi connectivity index (χ3n) is 1.93. The smallest absolute Gasteiger partial charge is 0.119 e. The summed E-state index contributed by atoms with van der Waals surface area (Å²) in [5, 5.41) is 0. The van der Waals surface area contributed by atoms with E-state index in [-0.39, 0.29) is 0 Å². The molecule has 1 nitrogen and oxygen atoms in total. The zero-order chi connectivity index (χ0) is 7.52. The van der Waals surface area contributed by atoms with Gasteiger partial charge in [0.25, 0.3) is 0 Å². The quantitative estimate of drug-likeness (QED) is 0.639. The Morgan fingerprint density at radius 3 is 2.55 bits per heavy atom. The summed E-state index contributed by atoms with van der Waals surface area (Å²) < 4.78 is 5.53. The Hall–Kier alpha value is -0.980. The monoisotopic (exact) mass is 148 g/mol. The molecule has 0 aromatic heterocycles. The molecule has 0 unspecified atom stereocenters. The van der Waals surface area contributed by atoms with Crippen molar-refractivity contribution >= 4 is 0 Å². The van der Waals surface area contributed by atoms with Gasteiger partial charge < -0.3 is 4.74 Å². The molecule has 0 spiro atoms. The molecule has 0 amide bonds. The summed E-state index contributed by atoms with van der Waals surface area (Å²) in [5.74, 6) is 1.84. The summed E-state index contributed by atoms with van der Waals surface area (Å²) in [6.45, 7) is 0.907. The van der Waals surface area contributed by atoms with Gasteiger partial charge in [0.05, 0.1) is 6.61 Å². The van der Waals surface area contributed by atoms with Crippen LogP contribution >= 0.6 is 0 Å². The second-order valence-electron chi connectivity index (χ2n) is 3.07. The molecule has 58 valence electrons. The van der Waals surface area contributed by atoms with Crippen molar-refractivity contribution in [1.82, 2.24) is 0 Å². The van der Waals surface area contributed by atoms with E-state index in [0.29, 0.717) is 0 Å². The van der Waals surface area contributed by atoms with Crippen LogP contribution in [0.5, 0.6) is 5.75 Å². The lowest BCUT2D eigenvalue weighted by atomic mass is 10.3. The Balaban J connectivity index is 1.85. The van der Waals surface area contributed by atoms with E-state index in [4.69, 9.17) is 4.74 Å². The van der Waals surface area contributed by atoms with E-state index in [0.717, 1.165) is 18.3 Å². The number of ether oxygens (including phenoxy) is 1. The number of hydrogen-bond acceptors (Lipinski definition) is 1. The second kappa shape index (κ2) is 2.95. The lowest BCUT2D eigenvalue weighted by molar-refractivity contribution is 0.300. The number of benzene rings is 1. The van der Waals surface area contributed by atoms with Crippen LogP contribution in [0, 0.1) is 5.92 Å². The van der Waals surface area contributed by atoms with E-state index < -0.39 is 0 Å². The molecule has 0 saturated heterocycles. The minimum atomic E-state index is 0.843. The number of rotatable bonds is 3. The van der Waals surface area contributed by atoms with E-state index >= 15 is 0 Å². The van der Waals surface area contributed by atoms with Crippen molar-refractivity contribution < 1.29 is 4.74 Å². The Morgan fingerprint density at radius 1 is 1.18 bits per heavy atom. The molecule has 1 saturated carbocycles. The third-order valence-corrected chi connectivity index (χ3v) is 1.93. The molecule has 1 aromatic rings. The molecule has 11 heavy (non-hydrogen) atoms. The Morgan fingerprint density at radius 2 is 1.91 bits per heavy atom. The zero-order valence-electron chi connectivity index (χ0n) is 6.49. The second-order valence-corrected chi connectivity index (χ2v) is 3.07. The summed E-state index contributed by atoms with van der Waals surface area (Å²) in [7, 11) is 0. The van der Waals surface area contributed by atoms with E-state index in [2.05, 4.69) is 0 Å². The third kappa shape index (κ3) is 1.97. The van der Waals surface area contributed by atoms with E-state index in [1.165, 1.54) is 12.8 Å². The average Bonchev–Trinajstić information content (AvgIpc) is 2.86. The van der Waals surface area contributed by atoms with Gasteiger partial charge in [-0.1, -0.05) is 18.2 Å². The molecule has 0 atom stereocenters. The van der Waals surface area contributed by atoms with E-state index in [1.807, 2.05) is 30.3 Å². The Kier molecular flexibility index (Phi) is 1.80. The van der Waals surface area contributed by atoms with Crippen LogP contribution in [0.2, 0.25) is 0 Å². The molecule has 1 heteroatoms. The predicted octanol–water partition coefficient (Wildman–Crippen LogP) is 2.48. The van der Waals surface area contributed by atoms with Gasteiger partial charge in [-0.2, -0.15) is 0 Å². The van der Waals surface area contributed by atoms with Crippen LogP contribution in [0.15, 0.2) is 30.3 Å². The summed E-state index contributed by atoms with van der Waals surface area (Å²) in [6, 6.07) is 10.0. The highest BCUT2D eigenvalue weighted by Crippen LogP contribution is 2.29. The van der Waals surface area contributed by atoms with Crippen LogP contribution < -0.4 is 4.74 Å². The topological polar surface area (TPSA) is 9.23 Å². The number of para-hydroxylation sites is 1. The highest BCUT2D eigenvalue weighted by atomic mass is 16.5. The largest absolute Gasteiger partial charge is 0.493 e. The van der Waals surface area contributed by atoms with Crippen molar-refractivity contribution in [2.24, 2.45) is 5.92 Å². The van der Waals surface area contributed by atoms with Crippen LogP contribution in [-0.2, 0) is 0 Å². The Labute approximate surface area is 67.0 Å². The van der Waals surface area contributed by atoms with Crippen molar-refractivity contribution in [2.75, 3.05) is 6.61 Å². The first-order chi connectivity index (χ1) is 5.45. The first kappa shape index (κ1) is 6.71. The maximum atomic E-state index is 5.53. The van der Waals surface area contributed by atoms with Crippen LogP contribution in [0.25, 0.3) is 0 Å². The first-order valence-electron chi connectivity index (χ1n) is 4.13. The fourth-order valence-corrected chi connectivity index (χ4v) is 1.02. The van der Waals surface area contributed by atoms with Crippen LogP contribution in [0.1, 0.15) is 12.8 Å². The van der Waals surface area contributed by atoms with Gasteiger partial charge in [-0.05, 0) is 30.9 Å². The minimum absolute atomic E-state index is 0.843. The molecule has 0 N–H and O–H groups in total. The van der Waals surface area contributed by atoms with Gasteiger partial charge in [-0.25, -0.2) is 0 Å². The molecule has 0 aliphatic heterocycles. The highest BCUT2D eigenvalue weighted by molar-refractivity contribution is 5.20. The van der Waals surface area contributed by atoms with Crippen molar-refractivity contribution in [2.45, 2.75) is 12.8 Å². The number of hydrogen-bond donors (Lipinski definition) is 0. The van der Waals surface area contributed by atoms with Gasteiger partial charge in [0.2, 0.25) is 0 Å². The predicted molar refractivity (Wildman–Crippen MR) is 44.7 cm³/mol. The SMILES string of the molecule is c1ccc(OCC2CC2)cc1. The van der Waals surface area contributed by atoms with Crippen molar-refractivity contribution in [3.63, 3.8) is 0 Å². The zero-order valence-corrected chi connectivity index (χ0v) is 6.49. The fraction of sp³-hybridized carbons (Fsp3) is 0.400. The van der Waals surface area contributed by atoms with Crippen LogP contribution in [-0.4, -0.2) is 6.61 Å². The maximum absolute atomic E-state index is 5.53. The lowest BCUT2D eigenvalue weighted by Crippen LogP contribution is -1.97. The molecule has 1 aliphatic carbocycles. The summed E-state index contributed by atoms with van der Waals surface area (Å²) >= 11 is 0. The molecular formula is C10H12O. The highest BCUT2D eigenvalue weighted by Gasteiger charge is 2.21. The van der Waals surface area contributed by atoms with Crippen LogP contribution in [0.3, 0.4) is 0 Å². The molecule has 0 heterocycles. The van der Waals surface area contributed by atoms with Crippen molar-refractivity contribution in [1.29, 1.82) is 0 Å². The minimum Gasteiger partial charge on any atom is -0.493 e. The summed E-state index contributed by atoms with van der Waals surface area (Å²) in [5.41, 5.74) is 0. The van der Waals surface area contributed by atoms with Gasteiger partial charge >= 0.3 is 0 Å². The van der Waals surface area contributed by atoms with E-state index in [9.17, 15) is 0 Å². The Bertz CT molecular complexity index is 214. The standard InChI is InChI=1S/C10H12O/c1-2-4-10(5-3-1)11-8-9-6-7-9/h1-5,9H,6-8H2. The van der Waals surface area contributed by atoms with Crippen LogP contribution in [0.4, 0.5) is 0 Å². The molecule has 1 aliphatic rings. The maximum Gasteiger partial charge on any atom is 0.119 e. The first-order valence-corrected chi connectivity index (χ1v) is 4.13. The molecule has 0 radical (unpaired) electrons. The van der Waals surface area contributed by atoms with Gasteiger partial charge in [-0.15, -0.1) is 0 Å². The van der Waals surface area contributed by atoms with E-state index in [1.54, 1.807) is 0 Å². The molecular weight excluding hydrogens is 136 g/mol. The summed E-state index contributed by atoms with van der Waals surface area (Å²) in [6.07, 6.45) is 2.71. The van der Waals surface area contributed by atoms with Gasteiger partial charge in [0.15, 0.2) is 0 Å².